The Morgan fingerprint density at radius 2 is 1.77 bits per heavy atom. The second kappa shape index (κ2) is 11.2. The molecule has 1 unspecified atom stereocenters. The Bertz CT molecular complexity index is 1550. The minimum atomic E-state index is -0.537. The van der Waals surface area contributed by atoms with Gasteiger partial charge in [-0.15, -0.1) is 5.10 Å². The number of amides is 1. The monoisotopic (exact) mass is 541 g/mol. The van der Waals surface area contributed by atoms with Gasteiger partial charge in [-0.3, -0.25) is 4.79 Å². The minimum absolute atomic E-state index is 0.216. The van der Waals surface area contributed by atoms with E-state index in [2.05, 4.69) is 22.8 Å². The molecule has 0 aliphatic carbocycles. The van der Waals surface area contributed by atoms with Crippen molar-refractivity contribution in [2.45, 2.75) is 37.7 Å². The molecule has 1 aromatic heterocycles. The first-order valence-corrected chi connectivity index (χ1v) is 13.6. The van der Waals surface area contributed by atoms with Crippen LogP contribution in [0, 0.1) is 13.8 Å². The standard InChI is InChI=1S/C30H31N5O3S/c1-18-11-13-23(19(2)15-18)32-28(36)26-20(3)31-29-33-30(39-17-21-9-7-6-8-10-21)34-35(29)27(26)22-12-14-24(37-4)25(16-22)38-5/h6-16,27H,17H2,1-5H3,(H,32,36)(H,31,33,34). The topological polar surface area (TPSA) is 90.3 Å². The molecule has 0 bridgehead atoms. The number of carbonyl (C=O) groups is 1. The Morgan fingerprint density at radius 1 is 1.00 bits per heavy atom. The van der Waals surface area contributed by atoms with Crippen LogP contribution in [0.3, 0.4) is 0 Å². The van der Waals surface area contributed by atoms with Gasteiger partial charge in [0.2, 0.25) is 11.1 Å². The number of hydrogen-bond donors (Lipinski definition) is 2. The summed E-state index contributed by atoms with van der Waals surface area (Å²) in [5.41, 5.74) is 6.15. The number of thioether (sulfide) groups is 1. The molecule has 0 fully saturated rings. The lowest BCUT2D eigenvalue weighted by molar-refractivity contribution is -0.113. The van der Waals surface area contributed by atoms with Crippen molar-refractivity contribution in [1.29, 1.82) is 0 Å². The Kier molecular flexibility index (Phi) is 7.60. The Hall–Kier alpha value is -4.24. The van der Waals surface area contributed by atoms with Gasteiger partial charge in [0.1, 0.15) is 6.04 Å². The molecule has 4 aromatic rings. The first kappa shape index (κ1) is 26.4. The van der Waals surface area contributed by atoms with Crippen LogP contribution < -0.4 is 20.1 Å². The molecule has 1 amide bonds. The number of nitrogens with one attached hydrogen (secondary N) is 2. The number of rotatable bonds is 8. The zero-order chi connectivity index (χ0) is 27.5. The van der Waals surface area contributed by atoms with E-state index in [-0.39, 0.29) is 5.91 Å². The Morgan fingerprint density at radius 3 is 2.49 bits per heavy atom. The molecule has 0 radical (unpaired) electrons. The second-order valence-electron chi connectivity index (χ2n) is 9.39. The summed E-state index contributed by atoms with van der Waals surface area (Å²) in [7, 11) is 3.19. The molecule has 200 valence electrons. The lowest BCUT2D eigenvalue weighted by atomic mass is 9.94. The summed E-state index contributed by atoms with van der Waals surface area (Å²) >= 11 is 1.55. The number of fused-ring (bicyclic) bond motifs is 1. The van der Waals surface area contributed by atoms with Crippen molar-refractivity contribution in [3.63, 3.8) is 0 Å². The summed E-state index contributed by atoms with van der Waals surface area (Å²) in [6, 6.07) is 21.3. The van der Waals surface area contributed by atoms with E-state index in [0.717, 1.165) is 28.1 Å². The molecule has 1 aliphatic heterocycles. The molecular formula is C30H31N5O3S. The van der Waals surface area contributed by atoms with Crippen LogP contribution in [0.1, 0.15) is 35.2 Å². The van der Waals surface area contributed by atoms with Crippen molar-refractivity contribution in [2.75, 3.05) is 24.9 Å². The third-order valence-corrected chi connectivity index (χ3v) is 7.55. The number of anilines is 2. The molecule has 2 N–H and O–H groups in total. The highest BCUT2D eigenvalue weighted by atomic mass is 32.2. The van der Waals surface area contributed by atoms with Gasteiger partial charge in [0.15, 0.2) is 11.5 Å². The predicted molar refractivity (Wildman–Crippen MR) is 155 cm³/mol. The molecule has 3 aromatic carbocycles. The number of carbonyl (C=O) groups excluding carboxylic acids is 1. The van der Waals surface area contributed by atoms with Crippen LogP contribution in [0.2, 0.25) is 0 Å². The van der Waals surface area contributed by atoms with E-state index < -0.39 is 6.04 Å². The van der Waals surface area contributed by atoms with Crippen molar-refractivity contribution < 1.29 is 14.3 Å². The maximum Gasteiger partial charge on any atom is 0.255 e. The predicted octanol–water partition coefficient (Wildman–Crippen LogP) is 6.13. The second-order valence-corrected chi connectivity index (χ2v) is 10.3. The van der Waals surface area contributed by atoms with Gasteiger partial charge < -0.3 is 20.1 Å². The molecule has 39 heavy (non-hydrogen) atoms. The molecule has 1 atom stereocenters. The first-order chi connectivity index (χ1) is 18.9. The van der Waals surface area contributed by atoms with E-state index in [9.17, 15) is 4.79 Å². The molecular weight excluding hydrogens is 510 g/mol. The van der Waals surface area contributed by atoms with E-state index in [1.807, 2.05) is 75.4 Å². The number of methoxy groups -OCH3 is 2. The van der Waals surface area contributed by atoms with Gasteiger partial charge in [0, 0.05) is 17.1 Å². The van der Waals surface area contributed by atoms with Gasteiger partial charge in [-0.2, -0.15) is 4.98 Å². The fourth-order valence-electron chi connectivity index (χ4n) is 4.68. The molecule has 2 heterocycles. The summed E-state index contributed by atoms with van der Waals surface area (Å²) in [5, 5.41) is 11.9. The summed E-state index contributed by atoms with van der Waals surface area (Å²) in [6.45, 7) is 5.91. The van der Waals surface area contributed by atoms with Gasteiger partial charge in [0.05, 0.1) is 19.8 Å². The molecule has 1 aliphatic rings. The van der Waals surface area contributed by atoms with E-state index >= 15 is 0 Å². The van der Waals surface area contributed by atoms with Crippen LogP contribution in [-0.2, 0) is 10.5 Å². The number of aromatic nitrogens is 3. The van der Waals surface area contributed by atoms with Gasteiger partial charge in [0.25, 0.3) is 5.91 Å². The molecule has 5 rings (SSSR count). The van der Waals surface area contributed by atoms with Crippen LogP contribution in [0.4, 0.5) is 11.6 Å². The zero-order valence-corrected chi connectivity index (χ0v) is 23.4. The fraction of sp³-hybridized carbons (Fsp3) is 0.233. The van der Waals surface area contributed by atoms with Crippen LogP contribution in [0.15, 0.2) is 83.2 Å². The average molecular weight is 542 g/mol. The van der Waals surface area contributed by atoms with Gasteiger partial charge in [-0.25, -0.2) is 4.68 Å². The maximum atomic E-state index is 13.9. The zero-order valence-electron chi connectivity index (χ0n) is 22.6. The highest BCUT2D eigenvalue weighted by Crippen LogP contribution is 2.40. The highest BCUT2D eigenvalue weighted by molar-refractivity contribution is 7.98. The normalized spacial score (nSPS) is 14.4. The summed E-state index contributed by atoms with van der Waals surface area (Å²) < 4.78 is 12.8. The third-order valence-electron chi connectivity index (χ3n) is 6.64. The van der Waals surface area contributed by atoms with Gasteiger partial charge >= 0.3 is 0 Å². The quantitative estimate of drug-likeness (QED) is 0.259. The number of ether oxygens (including phenoxy) is 2. The van der Waals surface area contributed by atoms with Crippen molar-refractivity contribution in [1.82, 2.24) is 14.8 Å². The van der Waals surface area contributed by atoms with Gasteiger partial charge in [-0.1, -0.05) is 65.9 Å². The molecule has 0 spiro atoms. The summed E-state index contributed by atoms with van der Waals surface area (Å²) in [4.78, 5) is 18.6. The average Bonchev–Trinajstić information content (AvgIpc) is 3.35. The highest BCUT2D eigenvalue weighted by Gasteiger charge is 2.35. The number of nitrogens with zero attached hydrogens (tertiary/aromatic N) is 3. The van der Waals surface area contributed by atoms with E-state index in [1.54, 1.807) is 30.7 Å². The summed E-state index contributed by atoms with van der Waals surface area (Å²) in [6.07, 6.45) is 0. The van der Waals surface area contributed by atoms with E-state index in [0.29, 0.717) is 33.9 Å². The largest absolute Gasteiger partial charge is 0.493 e. The lowest BCUT2D eigenvalue weighted by Gasteiger charge is -2.29. The van der Waals surface area contributed by atoms with Crippen molar-refractivity contribution >= 4 is 29.3 Å². The van der Waals surface area contributed by atoms with E-state index in [4.69, 9.17) is 19.6 Å². The van der Waals surface area contributed by atoms with Gasteiger partial charge in [-0.05, 0) is 55.7 Å². The van der Waals surface area contributed by atoms with Crippen molar-refractivity contribution in [2.24, 2.45) is 0 Å². The van der Waals surface area contributed by atoms with E-state index in [1.165, 1.54) is 5.56 Å². The van der Waals surface area contributed by atoms with Crippen LogP contribution in [0.5, 0.6) is 11.5 Å². The fourth-order valence-corrected chi connectivity index (χ4v) is 5.47. The molecule has 9 heteroatoms. The minimum Gasteiger partial charge on any atom is -0.493 e. The van der Waals surface area contributed by atoms with Crippen molar-refractivity contribution in [3.05, 3.63) is 100 Å². The van der Waals surface area contributed by atoms with Crippen LogP contribution in [-0.4, -0.2) is 34.9 Å². The first-order valence-electron chi connectivity index (χ1n) is 12.6. The smallest absolute Gasteiger partial charge is 0.255 e. The van der Waals surface area contributed by atoms with Crippen molar-refractivity contribution in [3.8, 4) is 11.5 Å². The molecule has 0 saturated heterocycles. The molecule has 8 nitrogen and oxygen atoms in total. The lowest BCUT2D eigenvalue weighted by Crippen LogP contribution is -2.31. The Labute approximate surface area is 232 Å². The maximum absolute atomic E-state index is 13.9. The van der Waals surface area contributed by atoms with Crippen LogP contribution in [0.25, 0.3) is 0 Å². The SMILES string of the molecule is COc1ccc(C2C(C(=O)Nc3ccc(C)cc3C)=C(C)Nc3nc(SCc4ccccc4)nn32)cc1OC. The number of benzene rings is 3. The third kappa shape index (κ3) is 5.49. The molecule has 0 saturated carbocycles. The summed E-state index contributed by atoms with van der Waals surface area (Å²) in [5.74, 6) is 2.27. The Balaban J connectivity index is 1.54. The van der Waals surface area contributed by atoms with Crippen LogP contribution >= 0.6 is 11.8 Å². The number of allylic oxidation sites excluding steroid dienone is 1. The number of hydrogen-bond acceptors (Lipinski definition) is 7. The number of aryl methyl sites for hydroxylation is 2.